The first-order valence-corrected chi connectivity index (χ1v) is 9.40. The minimum Gasteiger partial charge on any atom is -0.484 e. The summed E-state index contributed by atoms with van der Waals surface area (Å²) in [4.78, 5) is 23.4. The fourth-order valence-electron chi connectivity index (χ4n) is 3.53. The molecule has 4 aromatic rings. The van der Waals surface area contributed by atoms with Crippen LogP contribution in [0, 0.1) is 0 Å². The number of ether oxygens (including phenoxy) is 1. The van der Waals surface area contributed by atoms with E-state index in [0.29, 0.717) is 11.3 Å². The molecule has 2 amide bonds. The number of nitrogens with one attached hydrogen (secondary N) is 1. The van der Waals surface area contributed by atoms with Crippen LogP contribution in [0.4, 0.5) is 5.69 Å². The van der Waals surface area contributed by atoms with Gasteiger partial charge in [-0.05, 0) is 55.5 Å². The van der Waals surface area contributed by atoms with Gasteiger partial charge in [-0.3, -0.25) is 9.59 Å². The molecule has 1 aromatic heterocycles. The zero-order valence-corrected chi connectivity index (χ0v) is 16.0. The monoisotopic (exact) mass is 387 g/mol. The van der Waals surface area contributed by atoms with E-state index in [1.807, 2.05) is 30.3 Å². The molecule has 3 aromatic carbocycles. The Morgan fingerprint density at radius 1 is 0.966 bits per heavy atom. The summed E-state index contributed by atoms with van der Waals surface area (Å²) in [7, 11) is 0. The first-order valence-electron chi connectivity index (χ1n) is 9.40. The number of amides is 2. The van der Waals surface area contributed by atoms with Crippen LogP contribution in [0.3, 0.4) is 0 Å². The Hall–Kier alpha value is -3.80. The van der Waals surface area contributed by atoms with Crippen molar-refractivity contribution >= 4 is 39.3 Å². The molecule has 6 nitrogen and oxygen atoms in total. The minimum atomic E-state index is -0.549. The number of fused-ring (bicyclic) bond motifs is 3. The van der Waals surface area contributed by atoms with Gasteiger partial charge in [0, 0.05) is 39.6 Å². The third kappa shape index (κ3) is 3.65. The van der Waals surface area contributed by atoms with Crippen molar-refractivity contribution in [1.29, 1.82) is 0 Å². The Labute approximate surface area is 167 Å². The van der Waals surface area contributed by atoms with Gasteiger partial charge in [0.25, 0.3) is 11.8 Å². The van der Waals surface area contributed by atoms with Gasteiger partial charge in [0.15, 0.2) is 6.61 Å². The lowest BCUT2D eigenvalue weighted by Gasteiger charge is -2.08. The van der Waals surface area contributed by atoms with Gasteiger partial charge in [0.1, 0.15) is 5.75 Å². The van der Waals surface area contributed by atoms with E-state index in [2.05, 4.69) is 28.9 Å². The van der Waals surface area contributed by atoms with Gasteiger partial charge in [-0.1, -0.05) is 18.2 Å². The van der Waals surface area contributed by atoms with Crippen molar-refractivity contribution in [2.75, 3.05) is 11.9 Å². The lowest BCUT2D eigenvalue weighted by atomic mass is 10.1. The molecule has 0 atom stereocenters. The van der Waals surface area contributed by atoms with Gasteiger partial charge in [-0.2, -0.15) is 0 Å². The fourth-order valence-corrected chi connectivity index (χ4v) is 3.53. The number of anilines is 1. The van der Waals surface area contributed by atoms with Crippen molar-refractivity contribution in [2.45, 2.75) is 13.5 Å². The van der Waals surface area contributed by atoms with Gasteiger partial charge >= 0.3 is 0 Å². The summed E-state index contributed by atoms with van der Waals surface area (Å²) in [6, 6.07) is 20.8. The van der Waals surface area contributed by atoms with Crippen LogP contribution in [0.15, 0.2) is 66.7 Å². The molecule has 1 heterocycles. The molecule has 0 aliphatic carbocycles. The molecule has 3 N–H and O–H groups in total. The van der Waals surface area contributed by atoms with Gasteiger partial charge in [0.05, 0.1) is 0 Å². The number of rotatable bonds is 6. The second kappa shape index (κ2) is 7.67. The Kier molecular flexibility index (Phi) is 4.91. The van der Waals surface area contributed by atoms with Crippen LogP contribution in [0.1, 0.15) is 17.3 Å². The predicted molar refractivity (Wildman–Crippen MR) is 114 cm³/mol. The van der Waals surface area contributed by atoms with Crippen LogP contribution in [0.25, 0.3) is 21.8 Å². The highest BCUT2D eigenvalue weighted by Crippen LogP contribution is 2.31. The van der Waals surface area contributed by atoms with Crippen molar-refractivity contribution < 1.29 is 14.3 Å². The van der Waals surface area contributed by atoms with E-state index in [1.54, 1.807) is 24.3 Å². The standard InChI is InChI=1S/C23H21N3O3/c1-2-26-20-6-4-3-5-18(20)19-13-16(9-12-21(19)26)25-23(28)15-7-10-17(11-8-15)29-14-22(24)27/h3-13H,2,14H2,1H3,(H2,24,27)(H,25,28). The molecule has 6 heteroatoms. The molecule has 0 aliphatic rings. The second-order valence-corrected chi connectivity index (χ2v) is 6.73. The first kappa shape index (κ1) is 18.6. The number of nitrogens with two attached hydrogens (primary N) is 1. The number of hydrogen-bond donors (Lipinski definition) is 2. The van der Waals surface area contributed by atoms with E-state index >= 15 is 0 Å². The quantitative estimate of drug-likeness (QED) is 0.526. The number of primary amides is 1. The third-order valence-electron chi connectivity index (χ3n) is 4.84. The SMILES string of the molecule is CCn1c2ccccc2c2cc(NC(=O)c3ccc(OCC(N)=O)cc3)ccc21. The number of para-hydroxylation sites is 1. The van der Waals surface area contributed by atoms with Crippen LogP contribution in [-0.2, 0) is 11.3 Å². The first-order chi connectivity index (χ1) is 14.1. The molecule has 0 saturated carbocycles. The zero-order valence-electron chi connectivity index (χ0n) is 16.0. The topological polar surface area (TPSA) is 86.3 Å². The maximum atomic E-state index is 12.6. The van der Waals surface area contributed by atoms with E-state index in [-0.39, 0.29) is 12.5 Å². The maximum Gasteiger partial charge on any atom is 0.255 e. The highest BCUT2D eigenvalue weighted by atomic mass is 16.5. The summed E-state index contributed by atoms with van der Waals surface area (Å²) >= 11 is 0. The maximum absolute atomic E-state index is 12.6. The molecule has 0 aliphatic heterocycles. The summed E-state index contributed by atoms with van der Waals surface area (Å²) in [5.41, 5.74) is 8.61. The smallest absolute Gasteiger partial charge is 0.255 e. The van der Waals surface area contributed by atoms with Gasteiger partial charge in [-0.15, -0.1) is 0 Å². The average molecular weight is 387 g/mol. The van der Waals surface area contributed by atoms with Crippen molar-refractivity contribution in [3.63, 3.8) is 0 Å². The lowest BCUT2D eigenvalue weighted by molar-refractivity contribution is -0.119. The summed E-state index contributed by atoms with van der Waals surface area (Å²) in [5, 5.41) is 5.22. The van der Waals surface area contributed by atoms with Crippen molar-refractivity contribution in [2.24, 2.45) is 5.73 Å². The third-order valence-corrected chi connectivity index (χ3v) is 4.84. The molecule has 0 fully saturated rings. The summed E-state index contributed by atoms with van der Waals surface area (Å²) < 4.78 is 7.48. The minimum absolute atomic E-state index is 0.197. The number of aromatic nitrogens is 1. The normalized spacial score (nSPS) is 10.9. The predicted octanol–water partition coefficient (Wildman–Crippen LogP) is 3.93. The molecule has 4 rings (SSSR count). The van der Waals surface area contributed by atoms with E-state index < -0.39 is 5.91 Å². The molecule has 0 spiro atoms. The number of carbonyl (C=O) groups is 2. The Morgan fingerprint density at radius 2 is 1.69 bits per heavy atom. The highest BCUT2D eigenvalue weighted by Gasteiger charge is 2.12. The van der Waals surface area contributed by atoms with Crippen LogP contribution in [0.5, 0.6) is 5.75 Å². The number of aryl methyl sites for hydroxylation is 1. The number of hydrogen-bond acceptors (Lipinski definition) is 3. The van der Waals surface area contributed by atoms with Crippen molar-refractivity contribution in [1.82, 2.24) is 4.57 Å². The van der Waals surface area contributed by atoms with Crippen molar-refractivity contribution in [3.8, 4) is 5.75 Å². The largest absolute Gasteiger partial charge is 0.484 e. The van der Waals surface area contributed by atoms with E-state index in [9.17, 15) is 9.59 Å². The van der Waals surface area contributed by atoms with Gasteiger partial charge in [0.2, 0.25) is 0 Å². The highest BCUT2D eigenvalue weighted by molar-refractivity contribution is 6.11. The number of carbonyl (C=O) groups excluding carboxylic acids is 2. The second-order valence-electron chi connectivity index (χ2n) is 6.73. The van der Waals surface area contributed by atoms with E-state index in [1.165, 1.54) is 5.52 Å². The van der Waals surface area contributed by atoms with Gasteiger partial charge in [-0.25, -0.2) is 0 Å². The van der Waals surface area contributed by atoms with Crippen LogP contribution >= 0.6 is 0 Å². The molecule has 146 valence electrons. The summed E-state index contributed by atoms with van der Waals surface area (Å²) in [6.07, 6.45) is 0. The van der Waals surface area contributed by atoms with Crippen LogP contribution in [0.2, 0.25) is 0 Å². The summed E-state index contributed by atoms with van der Waals surface area (Å²) in [6.45, 7) is 2.80. The Bertz CT molecular complexity index is 1210. The van der Waals surface area contributed by atoms with Crippen LogP contribution < -0.4 is 15.8 Å². The average Bonchev–Trinajstić information content (AvgIpc) is 3.05. The van der Waals surface area contributed by atoms with Gasteiger partial charge < -0.3 is 20.4 Å². The molecule has 0 radical (unpaired) electrons. The van der Waals surface area contributed by atoms with Crippen molar-refractivity contribution in [3.05, 3.63) is 72.3 Å². The number of benzene rings is 3. The van der Waals surface area contributed by atoms with E-state index in [4.69, 9.17) is 10.5 Å². The number of nitrogens with zero attached hydrogens (tertiary/aromatic N) is 1. The lowest BCUT2D eigenvalue weighted by Crippen LogP contribution is -2.20. The molecule has 29 heavy (non-hydrogen) atoms. The van der Waals surface area contributed by atoms with E-state index in [0.717, 1.165) is 28.5 Å². The Balaban J connectivity index is 1.58. The molecular weight excluding hydrogens is 366 g/mol. The molecular formula is C23H21N3O3. The molecule has 0 unspecified atom stereocenters. The molecule has 0 bridgehead atoms. The van der Waals surface area contributed by atoms with Crippen LogP contribution in [-0.4, -0.2) is 23.0 Å². The summed E-state index contributed by atoms with van der Waals surface area (Å²) in [5.74, 6) is -0.286. The zero-order chi connectivity index (χ0) is 20.4. The fraction of sp³-hybridized carbons (Fsp3) is 0.130. The Morgan fingerprint density at radius 3 is 2.41 bits per heavy atom. The molecule has 0 saturated heterocycles.